The van der Waals surface area contributed by atoms with E-state index in [0.29, 0.717) is 25.7 Å². The van der Waals surface area contributed by atoms with Crippen LogP contribution in [0.2, 0.25) is 0 Å². The highest BCUT2D eigenvalue weighted by Gasteiger charge is 2.30. The first kappa shape index (κ1) is 96.5. The number of rotatable bonds is 76. The van der Waals surface area contributed by atoms with Crippen molar-refractivity contribution in [1.29, 1.82) is 0 Å². The van der Waals surface area contributed by atoms with Crippen LogP contribution in [0.5, 0.6) is 0 Å². The number of phosphoric acid groups is 2. The fourth-order valence-electron chi connectivity index (χ4n) is 11.0. The van der Waals surface area contributed by atoms with E-state index in [0.717, 1.165) is 167 Å². The average molecular weight is 1450 g/mol. The Bertz CT molecular complexity index is 2180. The number of hydrogen-bond acceptors (Lipinski definition) is 15. The van der Waals surface area contributed by atoms with Crippen molar-refractivity contribution >= 4 is 39.5 Å². The summed E-state index contributed by atoms with van der Waals surface area (Å²) in [5.41, 5.74) is 0. The maximum Gasteiger partial charge on any atom is 0.472 e. The van der Waals surface area contributed by atoms with Crippen LogP contribution in [0.4, 0.5) is 0 Å². The van der Waals surface area contributed by atoms with E-state index in [1.54, 1.807) is 0 Å². The van der Waals surface area contributed by atoms with Crippen LogP contribution in [0, 0.1) is 0 Å². The van der Waals surface area contributed by atoms with Crippen LogP contribution in [0.3, 0.4) is 0 Å². The number of phosphoric ester groups is 2. The number of hydrogen-bond donors (Lipinski definition) is 3. The Morgan fingerprint density at radius 3 is 0.830 bits per heavy atom. The molecule has 0 aromatic heterocycles. The number of aliphatic hydroxyl groups excluding tert-OH is 1. The summed E-state index contributed by atoms with van der Waals surface area (Å²) in [6, 6.07) is 0. The van der Waals surface area contributed by atoms with Crippen molar-refractivity contribution in [1.82, 2.24) is 0 Å². The van der Waals surface area contributed by atoms with Crippen molar-refractivity contribution < 1.29 is 80.2 Å². The summed E-state index contributed by atoms with van der Waals surface area (Å²) in [5.74, 6) is -2.18. The smallest absolute Gasteiger partial charge is 0.462 e. The molecule has 0 saturated heterocycles. The van der Waals surface area contributed by atoms with E-state index in [1.165, 1.54) is 116 Å². The molecule has 0 rings (SSSR count). The van der Waals surface area contributed by atoms with Gasteiger partial charge in [0.15, 0.2) is 12.2 Å². The molecule has 100 heavy (non-hydrogen) atoms. The Morgan fingerprint density at radius 1 is 0.280 bits per heavy atom. The van der Waals surface area contributed by atoms with Crippen molar-refractivity contribution in [2.45, 2.75) is 380 Å². The van der Waals surface area contributed by atoms with Gasteiger partial charge in [0.25, 0.3) is 0 Å². The first-order chi connectivity index (χ1) is 48.7. The van der Waals surface area contributed by atoms with E-state index in [4.69, 9.17) is 37.0 Å². The zero-order chi connectivity index (χ0) is 73.2. The molecule has 17 nitrogen and oxygen atoms in total. The van der Waals surface area contributed by atoms with Gasteiger partial charge in [0.05, 0.1) is 26.4 Å². The van der Waals surface area contributed by atoms with Gasteiger partial charge in [0.1, 0.15) is 19.3 Å². The molecule has 3 N–H and O–H groups in total. The van der Waals surface area contributed by atoms with E-state index in [9.17, 15) is 43.2 Å². The molecule has 0 aliphatic rings. The molecule has 5 atom stereocenters. The summed E-state index contributed by atoms with van der Waals surface area (Å²) in [5, 5.41) is 10.6. The second kappa shape index (κ2) is 73.8. The molecule has 582 valence electrons. The number of allylic oxidation sites excluding steroid dienone is 12. The van der Waals surface area contributed by atoms with Gasteiger partial charge in [-0.15, -0.1) is 0 Å². The van der Waals surface area contributed by atoms with Crippen molar-refractivity contribution in [3.63, 3.8) is 0 Å². The van der Waals surface area contributed by atoms with Crippen LogP contribution < -0.4 is 0 Å². The minimum Gasteiger partial charge on any atom is -0.462 e. The number of esters is 4. The standard InChI is InChI=1S/C81H146O17P2/c1-5-9-13-17-21-25-29-33-35-36-37-38-40-44-46-50-54-58-62-66-79(84)92-72-77(98-81(86)68-64-60-56-52-48-42-32-28-24-20-16-12-8-4)74-96-100(89,90)94-70-75(82)69-93-99(87,88)95-73-76(97-80(85)67-63-59-55-51-47-41-31-27-23-19-15-11-7-3)71-91-78(83)65-61-57-53-49-45-43-39-34-30-26-22-18-14-10-6-2/h16,20-21,25,27-28,31-33,35,37-38,75-77,82H,5-15,17-19,22-24,26,29-30,34,36,39-74H2,1-4H3,(H,87,88)(H,89,90)/b20-16-,25-21-,31-27-,32-28-,35-33-,38-37-. The molecule has 0 heterocycles. The van der Waals surface area contributed by atoms with E-state index < -0.39 is 97.5 Å². The Morgan fingerprint density at radius 2 is 0.510 bits per heavy atom. The van der Waals surface area contributed by atoms with Crippen molar-refractivity contribution in [2.75, 3.05) is 39.6 Å². The third-order valence-corrected chi connectivity index (χ3v) is 19.0. The summed E-state index contributed by atoms with van der Waals surface area (Å²) in [6.45, 7) is 4.79. The van der Waals surface area contributed by atoms with Crippen LogP contribution in [-0.2, 0) is 65.4 Å². The molecule has 0 fully saturated rings. The molecule has 0 spiro atoms. The summed E-state index contributed by atoms with van der Waals surface area (Å²) in [6.07, 6.45) is 74.5. The largest absolute Gasteiger partial charge is 0.472 e. The Labute approximate surface area is 609 Å². The average Bonchev–Trinajstić information content (AvgIpc) is 0.946. The fraction of sp³-hybridized carbons (Fsp3) is 0.802. The topological polar surface area (TPSA) is 237 Å². The molecule has 0 aliphatic carbocycles. The predicted molar refractivity (Wildman–Crippen MR) is 409 cm³/mol. The number of carbonyl (C=O) groups is 4. The van der Waals surface area contributed by atoms with Gasteiger partial charge < -0.3 is 33.8 Å². The van der Waals surface area contributed by atoms with Crippen molar-refractivity contribution in [2.24, 2.45) is 0 Å². The van der Waals surface area contributed by atoms with Crippen LogP contribution in [0.1, 0.15) is 362 Å². The first-order valence-corrected chi connectivity index (χ1v) is 43.2. The highest BCUT2D eigenvalue weighted by atomic mass is 31.2. The van der Waals surface area contributed by atoms with Crippen LogP contribution in [0.15, 0.2) is 72.9 Å². The third-order valence-electron chi connectivity index (χ3n) is 17.1. The molecule has 0 radical (unpaired) electrons. The maximum atomic E-state index is 13.1. The van der Waals surface area contributed by atoms with Crippen LogP contribution in [0.25, 0.3) is 0 Å². The number of ether oxygens (including phenoxy) is 4. The van der Waals surface area contributed by atoms with Crippen LogP contribution in [-0.4, -0.2) is 96.7 Å². The highest BCUT2D eigenvalue weighted by molar-refractivity contribution is 7.47. The second-order valence-electron chi connectivity index (χ2n) is 27.0. The number of aliphatic hydroxyl groups is 1. The van der Waals surface area contributed by atoms with Gasteiger partial charge in [-0.05, 0) is 116 Å². The normalized spacial score (nSPS) is 14.3. The summed E-state index contributed by atoms with van der Waals surface area (Å²) in [4.78, 5) is 72.9. The Kier molecular flexibility index (Phi) is 71.2. The number of carbonyl (C=O) groups excluding carboxylic acids is 4. The minimum atomic E-state index is -4.98. The lowest BCUT2D eigenvalue weighted by atomic mass is 10.0. The summed E-state index contributed by atoms with van der Waals surface area (Å²) < 4.78 is 68.6. The van der Waals surface area contributed by atoms with Gasteiger partial charge in [-0.25, -0.2) is 9.13 Å². The second-order valence-corrected chi connectivity index (χ2v) is 29.9. The molecule has 0 aromatic rings. The monoisotopic (exact) mass is 1450 g/mol. The lowest BCUT2D eigenvalue weighted by molar-refractivity contribution is -0.161. The summed E-state index contributed by atoms with van der Waals surface area (Å²) in [7, 11) is -9.95. The predicted octanol–water partition coefficient (Wildman–Crippen LogP) is 23.2. The Balaban J connectivity index is 5.31. The highest BCUT2D eigenvalue weighted by Crippen LogP contribution is 2.45. The van der Waals surface area contributed by atoms with Gasteiger partial charge in [0, 0.05) is 25.7 Å². The first-order valence-electron chi connectivity index (χ1n) is 40.2. The minimum absolute atomic E-state index is 0.0777. The van der Waals surface area contributed by atoms with Crippen LogP contribution >= 0.6 is 15.6 Å². The van der Waals surface area contributed by atoms with Gasteiger partial charge in [-0.3, -0.25) is 37.3 Å². The van der Waals surface area contributed by atoms with E-state index in [2.05, 4.69) is 101 Å². The molecular weight excluding hydrogens is 1310 g/mol. The molecule has 0 saturated carbocycles. The molecular formula is C81H146O17P2. The van der Waals surface area contributed by atoms with Gasteiger partial charge >= 0.3 is 39.5 Å². The van der Waals surface area contributed by atoms with E-state index in [-0.39, 0.29) is 25.7 Å². The van der Waals surface area contributed by atoms with Crippen molar-refractivity contribution in [3.05, 3.63) is 72.9 Å². The zero-order valence-electron chi connectivity index (χ0n) is 63.6. The van der Waals surface area contributed by atoms with Gasteiger partial charge in [0.2, 0.25) is 0 Å². The molecule has 0 aromatic carbocycles. The molecule has 0 aliphatic heterocycles. The van der Waals surface area contributed by atoms with E-state index >= 15 is 0 Å². The third kappa shape index (κ3) is 72.8. The lowest BCUT2D eigenvalue weighted by Gasteiger charge is -2.21. The van der Waals surface area contributed by atoms with E-state index in [1.807, 2.05) is 0 Å². The van der Waals surface area contributed by atoms with Gasteiger partial charge in [-0.1, -0.05) is 293 Å². The molecule has 5 unspecified atom stereocenters. The fourth-order valence-corrected chi connectivity index (χ4v) is 12.5. The van der Waals surface area contributed by atoms with Gasteiger partial charge in [-0.2, -0.15) is 0 Å². The van der Waals surface area contributed by atoms with Crippen molar-refractivity contribution in [3.8, 4) is 0 Å². The SMILES string of the molecule is CCC/C=C\C/C=C\CCCCCCCC(=O)OC(COC(=O)CCCCCCCC/C=C\C/C=C\C/C=C\CCCCC)COP(=O)(O)OCC(O)COP(=O)(O)OCC(COC(=O)CCCCCCCCCCCCCCCCC)OC(=O)CCCCCCC/C=C\CCCCCC. The quantitative estimate of drug-likeness (QED) is 0.0169. The molecule has 0 amide bonds. The zero-order valence-corrected chi connectivity index (χ0v) is 65.4. The maximum absolute atomic E-state index is 13.1. The number of unbranched alkanes of at least 4 members (excludes halogenated alkanes) is 38. The Hall–Kier alpha value is -3.50. The molecule has 19 heteroatoms. The molecule has 0 bridgehead atoms. The summed E-state index contributed by atoms with van der Waals surface area (Å²) >= 11 is 0. The lowest BCUT2D eigenvalue weighted by Crippen LogP contribution is -2.30.